The van der Waals surface area contributed by atoms with E-state index < -0.39 is 20.0 Å². The molecule has 2 heterocycles. The Kier molecular flexibility index (Phi) is 6.11. The molecule has 0 bridgehead atoms. The van der Waals surface area contributed by atoms with E-state index in [0.29, 0.717) is 18.0 Å². The molecule has 0 amide bonds. The fraction of sp³-hybridized carbons (Fsp3) is 0.615. The second-order valence-electron chi connectivity index (χ2n) is 5.61. The van der Waals surface area contributed by atoms with Gasteiger partial charge in [0, 0.05) is 6.54 Å². The van der Waals surface area contributed by atoms with Gasteiger partial charge in [-0.15, -0.1) is 0 Å². The van der Waals surface area contributed by atoms with Crippen LogP contribution in [0.3, 0.4) is 0 Å². The topological polar surface area (TPSA) is 150 Å². The zero-order valence-electron chi connectivity index (χ0n) is 13.8. The molecule has 0 saturated carbocycles. The molecule has 0 aliphatic rings. The predicted molar refractivity (Wildman–Crippen MR) is 89.4 cm³/mol. The predicted octanol–water partition coefficient (Wildman–Crippen LogP) is 0.580. The molecular formula is C13H24N6O4P+. The molecule has 0 saturated heterocycles. The second kappa shape index (κ2) is 7.89. The SMILES string of the molecule is CCCCNc1nc(N)nc2c1[nH]c[n+]2C[C@@H](C)OCP(=O)(O)O. The molecule has 24 heavy (non-hydrogen) atoms. The number of nitrogens with zero attached hydrogens (tertiary/aromatic N) is 3. The van der Waals surface area contributed by atoms with Gasteiger partial charge in [0.2, 0.25) is 5.52 Å². The van der Waals surface area contributed by atoms with Gasteiger partial charge in [-0.25, -0.2) is 4.57 Å². The van der Waals surface area contributed by atoms with Crippen LogP contribution in [0.5, 0.6) is 0 Å². The van der Waals surface area contributed by atoms with E-state index in [1.165, 1.54) is 0 Å². The monoisotopic (exact) mass is 359 g/mol. The molecule has 11 heteroatoms. The van der Waals surface area contributed by atoms with E-state index in [4.69, 9.17) is 20.3 Å². The number of nitrogens with two attached hydrogens (primary N) is 1. The molecule has 0 fully saturated rings. The Balaban J connectivity index is 2.15. The maximum absolute atomic E-state index is 10.9. The molecule has 0 radical (unpaired) electrons. The van der Waals surface area contributed by atoms with E-state index in [1.807, 2.05) is 0 Å². The van der Waals surface area contributed by atoms with Crippen molar-refractivity contribution >= 4 is 30.5 Å². The quantitative estimate of drug-likeness (QED) is 0.248. The Morgan fingerprint density at radius 1 is 1.50 bits per heavy atom. The maximum atomic E-state index is 10.9. The van der Waals surface area contributed by atoms with Gasteiger partial charge < -0.3 is 25.6 Å². The summed E-state index contributed by atoms with van der Waals surface area (Å²) >= 11 is 0. The number of nitrogen functional groups attached to an aromatic ring is 1. The summed E-state index contributed by atoms with van der Waals surface area (Å²) < 4.78 is 17.8. The first-order valence-corrected chi connectivity index (χ1v) is 9.54. The second-order valence-corrected chi connectivity index (χ2v) is 7.19. The Morgan fingerprint density at radius 3 is 2.92 bits per heavy atom. The first kappa shape index (κ1) is 18.6. The lowest BCUT2D eigenvalue weighted by atomic mass is 10.3. The van der Waals surface area contributed by atoms with Crippen LogP contribution < -0.4 is 15.6 Å². The number of hydrogen-bond acceptors (Lipinski definition) is 6. The van der Waals surface area contributed by atoms with Gasteiger partial charge in [0.05, 0.1) is 12.6 Å². The van der Waals surface area contributed by atoms with Crippen molar-refractivity contribution in [2.75, 3.05) is 23.9 Å². The summed E-state index contributed by atoms with van der Waals surface area (Å²) in [6, 6.07) is 0. The van der Waals surface area contributed by atoms with E-state index in [0.717, 1.165) is 24.9 Å². The number of H-pyrrole nitrogens is 1. The molecule has 0 aromatic carbocycles. The highest BCUT2D eigenvalue weighted by molar-refractivity contribution is 7.51. The van der Waals surface area contributed by atoms with Crippen LogP contribution in [-0.4, -0.2) is 43.7 Å². The van der Waals surface area contributed by atoms with Crippen LogP contribution in [0.4, 0.5) is 11.8 Å². The smallest absolute Gasteiger partial charge is 0.350 e. The molecule has 134 valence electrons. The van der Waals surface area contributed by atoms with Crippen LogP contribution in [-0.2, 0) is 15.8 Å². The fourth-order valence-corrected chi connectivity index (χ4v) is 2.66. The molecule has 10 nitrogen and oxygen atoms in total. The number of imidazole rings is 1. The molecule has 0 spiro atoms. The number of fused-ring (bicyclic) bond motifs is 1. The van der Waals surface area contributed by atoms with Crippen molar-refractivity contribution in [1.29, 1.82) is 0 Å². The summed E-state index contributed by atoms with van der Waals surface area (Å²) in [5.41, 5.74) is 7.11. The summed E-state index contributed by atoms with van der Waals surface area (Å²) in [4.78, 5) is 29.3. The van der Waals surface area contributed by atoms with Crippen molar-refractivity contribution in [3.63, 3.8) is 0 Å². The van der Waals surface area contributed by atoms with Crippen molar-refractivity contribution < 1.29 is 23.7 Å². The molecular weight excluding hydrogens is 335 g/mol. The van der Waals surface area contributed by atoms with Gasteiger partial charge in [-0.1, -0.05) is 18.3 Å². The average molecular weight is 359 g/mol. The number of unbranched alkanes of at least 4 members (excludes halogenated alkanes) is 1. The lowest BCUT2D eigenvalue weighted by Gasteiger charge is -2.12. The third kappa shape index (κ3) is 5.13. The van der Waals surface area contributed by atoms with Crippen LogP contribution in [0.25, 0.3) is 11.2 Å². The highest BCUT2D eigenvalue weighted by atomic mass is 31.2. The van der Waals surface area contributed by atoms with E-state index in [-0.39, 0.29) is 5.95 Å². The van der Waals surface area contributed by atoms with E-state index in [2.05, 4.69) is 27.2 Å². The van der Waals surface area contributed by atoms with E-state index in [1.54, 1.807) is 17.8 Å². The number of nitrogens with one attached hydrogen (secondary N) is 2. The number of anilines is 2. The third-order valence-corrected chi connectivity index (χ3v) is 3.83. The van der Waals surface area contributed by atoms with Crippen molar-refractivity contribution in [3.05, 3.63) is 6.33 Å². The minimum atomic E-state index is -4.18. The molecule has 6 N–H and O–H groups in total. The fourth-order valence-electron chi connectivity index (χ4n) is 2.21. The number of aromatic amines is 1. The van der Waals surface area contributed by atoms with Gasteiger partial charge in [0.25, 0.3) is 5.95 Å². The number of rotatable bonds is 9. The van der Waals surface area contributed by atoms with Crippen molar-refractivity contribution in [2.45, 2.75) is 39.3 Å². The Bertz CT molecular complexity index is 731. The van der Waals surface area contributed by atoms with Gasteiger partial charge in [-0.2, -0.15) is 4.98 Å². The van der Waals surface area contributed by atoms with Gasteiger partial charge >= 0.3 is 13.2 Å². The van der Waals surface area contributed by atoms with E-state index in [9.17, 15) is 4.57 Å². The van der Waals surface area contributed by atoms with Crippen LogP contribution in [0.1, 0.15) is 26.7 Å². The van der Waals surface area contributed by atoms with Crippen molar-refractivity contribution in [2.24, 2.45) is 0 Å². The van der Waals surface area contributed by atoms with Crippen LogP contribution in [0.15, 0.2) is 6.33 Å². The molecule has 1 atom stereocenters. The maximum Gasteiger partial charge on any atom is 0.350 e. The zero-order chi connectivity index (χ0) is 17.7. The number of aromatic nitrogens is 4. The summed E-state index contributed by atoms with van der Waals surface area (Å²) in [6.45, 7) is 4.98. The minimum Gasteiger partial charge on any atom is -0.367 e. The molecule has 0 aliphatic heterocycles. The van der Waals surface area contributed by atoms with Gasteiger partial charge in [-0.05, 0) is 13.3 Å². The molecule has 2 aromatic rings. The van der Waals surface area contributed by atoms with Crippen LogP contribution in [0.2, 0.25) is 0 Å². The average Bonchev–Trinajstić information content (AvgIpc) is 2.88. The largest absolute Gasteiger partial charge is 0.367 e. The van der Waals surface area contributed by atoms with Gasteiger partial charge in [-0.3, -0.25) is 9.55 Å². The van der Waals surface area contributed by atoms with Crippen molar-refractivity contribution in [1.82, 2.24) is 15.0 Å². The standard InChI is InChI=1S/C13H23N6O4P/c1-3-4-5-15-11-10-12(18-13(14)17-11)19(7-16-10)6-9(2)23-8-24(20,21)22/h7,9H,3-6,8H2,1-2H3,(H5,14,15,17,18,20,21,22)/p+1/t9-/m1/s1. The Hall–Kier alpha value is -1.74. The lowest BCUT2D eigenvalue weighted by Crippen LogP contribution is -2.39. The van der Waals surface area contributed by atoms with Gasteiger partial charge in [0.1, 0.15) is 6.35 Å². The number of ether oxygens (including phenoxy) is 1. The lowest BCUT2D eigenvalue weighted by molar-refractivity contribution is -0.679. The molecule has 2 aromatic heterocycles. The summed E-state index contributed by atoms with van der Waals surface area (Å²) in [5.74, 6) is 0.784. The summed E-state index contributed by atoms with van der Waals surface area (Å²) in [6.07, 6.45) is 2.77. The first-order chi connectivity index (χ1) is 11.3. The summed E-state index contributed by atoms with van der Waals surface area (Å²) in [5, 5.41) is 3.23. The van der Waals surface area contributed by atoms with E-state index >= 15 is 0 Å². The number of hydrogen-bond donors (Lipinski definition) is 5. The minimum absolute atomic E-state index is 0.152. The normalized spacial score (nSPS) is 13.3. The summed E-state index contributed by atoms with van der Waals surface area (Å²) in [7, 11) is -4.18. The first-order valence-electron chi connectivity index (χ1n) is 7.74. The zero-order valence-corrected chi connectivity index (χ0v) is 14.7. The highest BCUT2D eigenvalue weighted by Gasteiger charge is 2.21. The third-order valence-electron chi connectivity index (χ3n) is 3.35. The molecule has 0 aliphatic carbocycles. The molecule has 2 rings (SSSR count). The van der Waals surface area contributed by atoms with Crippen molar-refractivity contribution in [3.8, 4) is 0 Å². The highest BCUT2D eigenvalue weighted by Crippen LogP contribution is 2.34. The van der Waals surface area contributed by atoms with Crippen LogP contribution in [0, 0.1) is 0 Å². The Labute approximate surface area is 139 Å². The van der Waals surface area contributed by atoms with Gasteiger partial charge in [0.15, 0.2) is 12.1 Å². The molecule has 0 unspecified atom stereocenters. The Morgan fingerprint density at radius 2 is 2.25 bits per heavy atom. The van der Waals surface area contributed by atoms with Crippen LogP contribution >= 0.6 is 7.60 Å².